The van der Waals surface area contributed by atoms with Gasteiger partial charge < -0.3 is 5.73 Å². The number of aromatic nitrogens is 1. The second-order valence-electron chi connectivity index (χ2n) is 3.43. The molecule has 1 aromatic heterocycles. The summed E-state index contributed by atoms with van der Waals surface area (Å²) in [4.78, 5) is 4.15. The van der Waals surface area contributed by atoms with E-state index < -0.39 is 5.82 Å². The lowest BCUT2D eigenvalue weighted by atomic mass is 10.2. The van der Waals surface area contributed by atoms with E-state index in [0.29, 0.717) is 10.8 Å². The van der Waals surface area contributed by atoms with Gasteiger partial charge in [-0.05, 0) is 29.8 Å². The molecule has 2 aromatic rings. The maximum atomic E-state index is 13.2. The molecule has 88 valence electrons. The highest BCUT2D eigenvalue weighted by molar-refractivity contribution is 7.98. The first-order valence-corrected chi connectivity index (χ1v) is 6.30. The van der Waals surface area contributed by atoms with Gasteiger partial charge in [0.05, 0.1) is 10.7 Å². The summed E-state index contributed by atoms with van der Waals surface area (Å²) in [5.74, 6) is 0.212. The van der Waals surface area contributed by atoms with Crippen molar-refractivity contribution in [1.29, 1.82) is 0 Å². The molecule has 0 unspecified atom stereocenters. The number of thioether (sulfide) groups is 1. The number of nitrogens with two attached hydrogens (primary N) is 1. The van der Waals surface area contributed by atoms with Crippen LogP contribution in [0.5, 0.6) is 0 Å². The quantitative estimate of drug-likeness (QED) is 0.681. The predicted octanol–water partition coefficient (Wildman–Crippen LogP) is 3.75. The van der Waals surface area contributed by atoms with Crippen molar-refractivity contribution in [2.45, 2.75) is 10.8 Å². The minimum Gasteiger partial charge on any atom is -0.396 e. The fraction of sp³-hybridized carbons (Fsp3) is 0.0833. The van der Waals surface area contributed by atoms with Crippen molar-refractivity contribution >= 4 is 29.1 Å². The van der Waals surface area contributed by atoms with Gasteiger partial charge in [0.2, 0.25) is 0 Å². The van der Waals surface area contributed by atoms with Gasteiger partial charge in [-0.15, -0.1) is 11.8 Å². The van der Waals surface area contributed by atoms with E-state index in [1.54, 1.807) is 30.5 Å². The zero-order valence-electron chi connectivity index (χ0n) is 8.86. The lowest BCUT2D eigenvalue weighted by Crippen LogP contribution is -1.92. The minimum atomic E-state index is -0.393. The highest BCUT2D eigenvalue weighted by atomic mass is 35.5. The number of anilines is 1. The van der Waals surface area contributed by atoms with Gasteiger partial charge in [0, 0.05) is 11.9 Å². The van der Waals surface area contributed by atoms with Gasteiger partial charge in [-0.2, -0.15) is 0 Å². The molecule has 0 aliphatic heterocycles. The van der Waals surface area contributed by atoms with E-state index in [1.807, 2.05) is 0 Å². The van der Waals surface area contributed by atoms with Gasteiger partial charge in [0.25, 0.3) is 0 Å². The Labute approximate surface area is 108 Å². The van der Waals surface area contributed by atoms with Crippen molar-refractivity contribution in [3.63, 3.8) is 0 Å². The van der Waals surface area contributed by atoms with E-state index in [9.17, 15) is 4.39 Å². The molecule has 0 saturated carbocycles. The smallest absolute Gasteiger partial charge is 0.146 e. The summed E-state index contributed by atoms with van der Waals surface area (Å²) in [5.41, 5.74) is 6.42. The normalized spacial score (nSPS) is 10.5. The summed E-state index contributed by atoms with van der Waals surface area (Å²) < 4.78 is 13.2. The van der Waals surface area contributed by atoms with E-state index in [-0.39, 0.29) is 5.69 Å². The Bertz CT molecular complexity index is 534. The molecule has 1 aromatic carbocycles. The average Bonchev–Trinajstić information content (AvgIpc) is 2.32. The van der Waals surface area contributed by atoms with Crippen LogP contribution in [0.15, 0.2) is 41.6 Å². The van der Waals surface area contributed by atoms with Crippen molar-refractivity contribution in [3.8, 4) is 0 Å². The zero-order chi connectivity index (χ0) is 12.3. The summed E-state index contributed by atoms with van der Waals surface area (Å²) in [6.45, 7) is 0. The fourth-order valence-corrected chi connectivity index (χ4v) is 2.40. The van der Waals surface area contributed by atoms with Crippen LogP contribution >= 0.6 is 23.4 Å². The van der Waals surface area contributed by atoms with Crippen LogP contribution < -0.4 is 5.73 Å². The summed E-state index contributed by atoms with van der Waals surface area (Å²) in [6, 6.07) is 8.34. The molecule has 5 heteroatoms. The lowest BCUT2D eigenvalue weighted by molar-refractivity contribution is 0.631. The van der Waals surface area contributed by atoms with E-state index in [1.165, 1.54) is 17.8 Å². The molecule has 0 aliphatic rings. The van der Waals surface area contributed by atoms with Crippen LogP contribution in [-0.4, -0.2) is 4.98 Å². The molecule has 0 amide bonds. The molecule has 2 N–H and O–H groups in total. The first kappa shape index (κ1) is 12.2. The Hall–Kier alpha value is -1.26. The summed E-state index contributed by atoms with van der Waals surface area (Å²) >= 11 is 7.43. The van der Waals surface area contributed by atoms with Crippen molar-refractivity contribution < 1.29 is 4.39 Å². The standard InChI is InChI=1S/C12H10ClFN2S/c13-9-2-1-5-16-12(9)17-7-8-3-4-11(15)10(14)6-8/h1-6H,7,15H2. The minimum absolute atomic E-state index is 0.162. The molecule has 0 spiro atoms. The first-order valence-electron chi connectivity index (χ1n) is 4.94. The predicted molar refractivity (Wildman–Crippen MR) is 69.6 cm³/mol. The molecule has 17 heavy (non-hydrogen) atoms. The second-order valence-corrected chi connectivity index (χ2v) is 4.81. The molecule has 0 bridgehead atoms. The van der Waals surface area contributed by atoms with Crippen molar-refractivity contribution in [2.75, 3.05) is 5.73 Å². The molecule has 0 fully saturated rings. The van der Waals surface area contributed by atoms with E-state index in [4.69, 9.17) is 17.3 Å². The monoisotopic (exact) mass is 268 g/mol. The molecule has 0 radical (unpaired) electrons. The van der Waals surface area contributed by atoms with Crippen LogP contribution in [0.1, 0.15) is 5.56 Å². The third kappa shape index (κ3) is 3.11. The van der Waals surface area contributed by atoms with Gasteiger partial charge in [-0.25, -0.2) is 9.37 Å². The van der Waals surface area contributed by atoms with Crippen molar-refractivity contribution in [2.24, 2.45) is 0 Å². The highest BCUT2D eigenvalue weighted by Gasteiger charge is 2.04. The number of hydrogen-bond acceptors (Lipinski definition) is 3. The summed E-state index contributed by atoms with van der Waals surface area (Å²) in [5, 5.41) is 1.35. The van der Waals surface area contributed by atoms with Crippen LogP contribution in [0.25, 0.3) is 0 Å². The second kappa shape index (κ2) is 5.38. The van der Waals surface area contributed by atoms with Crippen LogP contribution in [0, 0.1) is 5.82 Å². The number of nitrogen functional groups attached to an aromatic ring is 1. The fourth-order valence-electron chi connectivity index (χ4n) is 1.29. The topological polar surface area (TPSA) is 38.9 Å². The summed E-state index contributed by atoms with van der Waals surface area (Å²) in [7, 11) is 0. The Morgan fingerprint density at radius 2 is 2.18 bits per heavy atom. The molecule has 0 aliphatic carbocycles. The molecular formula is C12H10ClFN2S. The number of halogens is 2. The summed E-state index contributed by atoms with van der Waals surface area (Å²) in [6.07, 6.45) is 1.68. The van der Waals surface area contributed by atoms with Gasteiger partial charge in [0.1, 0.15) is 10.8 Å². The van der Waals surface area contributed by atoms with Gasteiger partial charge in [-0.1, -0.05) is 17.7 Å². The molecule has 2 nitrogen and oxygen atoms in total. The Morgan fingerprint density at radius 1 is 1.35 bits per heavy atom. The Kier molecular flexibility index (Phi) is 3.86. The molecular weight excluding hydrogens is 259 g/mol. The van der Waals surface area contributed by atoms with Crippen LogP contribution in [0.2, 0.25) is 5.02 Å². The van der Waals surface area contributed by atoms with Crippen LogP contribution in [-0.2, 0) is 5.75 Å². The van der Waals surface area contributed by atoms with Crippen molar-refractivity contribution in [3.05, 3.63) is 52.9 Å². The third-order valence-electron chi connectivity index (χ3n) is 2.17. The van der Waals surface area contributed by atoms with Gasteiger partial charge >= 0.3 is 0 Å². The van der Waals surface area contributed by atoms with Crippen LogP contribution in [0.3, 0.4) is 0 Å². The lowest BCUT2D eigenvalue weighted by Gasteiger charge is -2.04. The third-order valence-corrected chi connectivity index (χ3v) is 3.66. The number of hydrogen-bond donors (Lipinski definition) is 1. The SMILES string of the molecule is Nc1ccc(CSc2ncccc2Cl)cc1F. The van der Waals surface area contributed by atoms with E-state index in [0.717, 1.165) is 10.6 Å². The maximum absolute atomic E-state index is 13.2. The van der Waals surface area contributed by atoms with E-state index >= 15 is 0 Å². The highest BCUT2D eigenvalue weighted by Crippen LogP contribution is 2.27. The first-order chi connectivity index (χ1) is 8.16. The molecule has 0 saturated heterocycles. The molecule has 2 rings (SSSR count). The Morgan fingerprint density at radius 3 is 2.88 bits per heavy atom. The Balaban J connectivity index is 2.08. The van der Waals surface area contributed by atoms with Gasteiger partial charge in [0.15, 0.2) is 0 Å². The maximum Gasteiger partial charge on any atom is 0.146 e. The number of benzene rings is 1. The molecule has 1 heterocycles. The largest absolute Gasteiger partial charge is 0.396 e. The number of rotatable bonds is 3. The molecule has 0 atom stereocenters. The number of nitrogens with zero attached hydrogens (tertiary/aromatic N) is 1. The van der Waals surface area contributed by atoms with Crippen molar-refractivity contribution in [1.82, 2.24) is 4.98 Å². The van der Waals surface area contributed by atoms with Gasteiger partial charge in [-0.3, -0.25) is 0 Å². The number of pyridine rings is 1. The van der Waals surface area contributed by atoms with E-state index in [2.05, 4.69) is 4.98 Å². The average molecular weight is 269 g/mol. The van der Waals surface area contributed by atoms with Crippen LogP contribution in [0.4, 0.5) is 10.1 Å². The zero-order valence-corrected chi connectivity index (χ0v) is 10.4.